The van der Waals surface area contributed by atoms with E-state index in [-0.39, 0.29) is 0 Å². The second-order valence-electron chi connectivity index (χ2n) is 1.56. The van der Waals surface area contributed by atoms with Crippen molar-refractivity contribution in [1.82, 2.24) is 5.32 Å². The van der Waals surface area contributed by atoms with E-state index in [4.69, 9.17) is 10.2 Å². The molecular weight excluding hydrogens is 174 g/mol. The fraction of sp³-hybridized carbons (Fsp3) is 0.250. The van der Waals surface area contributed by atoms with E-state index in [0.717, 1.165) is 0 Å². The summed E-state index contributed by atoms with van der Waals surface area (Å²) in [6, 6.07) is -1.93. The molecule has 0 heterocycles. The lowest BCUT2D eigenvalue weighted by atomic mass is 10.3. The van der Waals surface area contributed by atoms with Crippen LogP contribution in [0.1, 0.15) is 0 Å². The lowest BCUT2D eigenvalue weighted by Gasteiger charge is -2.05. The van der Waals surface area contributed by atoms with Crippen molar-refractivity contribution < 1.29 is 24.6 Å². The van der Waals surface area contributed by atoms with E-state index in [1.807, 2.05) is 0 Å². The normalized spacial score (nSPS) is 9.27. The minimum absolute atomic E-state index is 1.00. The van der Waals surface area contributed by atoms with Gasteiger partial charge in [0.2, 0.25) is 6.04 Å². The fourth-order valence-corrected chi connectivity index (χ4v) is 0.482. The fourth-order valence-electron chi connectivity index (χ4n) is 0.353. The van der Waals surface area contributed by atoms with Gasteiger partial charge in [-0.3, -0.25) is 4.79 Å². The second-order valence-corrected chi connectivity index (χ2v) is 1.97. The second kappa shape index (κ2) is 3.81. The molecule has 0 spiro atoms. The highest BCUT2D eigenvalue weighted by Gasteiger charge is 2.26. The summed E-state index contributed by atoms with van der Waals surface area (Å²) in [6.07, 6.45) is 0. The van der Waals surface area contributed by atoms with Crippen LogP contribution in [0.2, 0.25) is 0 Å². The van der Waals surface area contributed by atoms with Crippen molar-refractivity contribution in [1.29, 1.82) is 0 Å². The Morgan fingerprint density at radius 3 is 1.64 bits per heavy atom. The van der Waals surface area contributed by atoms with Crippen molar-refractivity contribution >= 4 is 29.8 Å². The topological polar surface area (TPSA) is 104 Å². The molecular formula is C4H5NO5S. The van der Waals surface area contributed by atoms with Crippen molar-refractivity contribution in [3.8, 4) is 0 Å². The molecule has 0 aromatic carbocycles. The summed E-state index contributed by atoms with van der Waals surface area (Å²) in [6.45, 7) is 0. The number of aliphatic carboxylic acids is 2. The molecule has 0 fully saturated rings. The van der Waals surface area contributed by atoms with Crippen LogP contribution in [-0.2, 0) is 9.59 Å². The van der Waals surface area contributed by atoms with Crippen LogP contribution < -0.4 is 5.32 Å². The van der Waals surface area contributed by atoms with Gasteiger partial charge in [0, 0.05) is 0 Å². The number of carbonyl (C=O) groups excluding carboxylic acids is 1. The Kier molecular flexibility index (Phi) is 3.38. The maximum Gasteiger partial charge on any atom is 0.338 e. The van der Waals surface area contributed by atoms with E-state index in [1.54, 1.807) is 5.32 Å². The zero-order chi connectivity index (χ0) is 9.02. The smallest absolute Gasteiger partial charge is 0.338 e. The van der Waals surface area contributed by atoms with Crippen molar-refractivity contribution in [2.45, 2.75) is 6.04 Å². The van der Waals surface area contributed by atoms with Crippen molar-refractivity contribution in [2.24, 2.45) is 0 Å². The molecule has 0 aliphatic heterocycles. The first kappa shape index (κ1) is 9.76. The number of hydrogen-bond acceptors (Lipinski definition) is 3. The van der Waals surface area contributed by atoms with Gasteiger partial charge in [-0.1, -0.05) is 12.6 Å². The molecule has 0 saturated carbocycles. The first-order valence-corrected chi connectivity index (χ1v) is 2.85. The van der Waals surface area contributed by atoms with Crippen molar-refractivity contribution in [2.75, 3.05) is 0 Å². The Hall–Kier alpha value is -1.24. The molecule has 0 aliphatic rings. The van der Waals surface area contributed by atoms with Crippen LogP contribution in [-0.4, -0.2) is 33.4 Å². The number of nitrogens with one attached hydrogen (secondary N) is 1. The average Bonchev–Trinajstić information content (AvgIpc) is 1.81. The molecule has 0 aliphatic carbocycles. The Morgan fingerprint density at radius 2 is 1.55 bits per heavy atom. The summed E-state index contributed by atoms with van der Waals surface area (Å²) < 4.78 is 0. The third kappa shape index (κ3) is 3.46. The van der Waals surface area contributed by atoms with E-state index in [1.165, 1.54) is 0 Å². The first-order chi connectivity index (χ1) is 4.95. The van der Waals surface area contributed by atoms with Crippen LogP contribution in [0.4, 0.5) is 4.79 Å². The Bertz CT molecular complexity index is 189. The predicted molar refractivity (Wildman–Crippen MR) is 36.6 cm³/mol. The molecule has 0 rings (SSSR count). The molecule has 0 saturated heterocycles. The third-order valence-electron chi connectivity index (χ3n) is 0.762. The van der Waals surface area contributed by atoms with Gasteiger partial charge in [0.1, 0.15) is 0 Å². The van der Waals surface area contributed by atoms with Gasteiger partial charge in [0.05, 0.1) is 0 Å². The van der Waals surface area contributed by atoms with Gasteiger partial charge in [-0.25, -0.2) is 9.59 Å². The van der Waals surface area contributed by atoms with Crippen LogP contribution >= 0.6 is 12.6 Å². The van der Waals surface area contributed by atoms with Gasteiger partial charge >= 0.3 is 11.9 Å². The number of hydrogen-bond donors (Lipinski definition) is 4. The number of rotatable bonds is 3. The summed E-state index contributed by atoms with van der Waals surface area (Å²) in [4.78, 5) is 30.2. The molecule has 3 N–H and O–H groups in total. The molecule has 62 valence electrons. The zero-order valence-electron chi connectivity index (χ0n) is 5.14. The molecule has 6 nitrogen and oxygen atoms in total. The molecule has 11 heavy (non-hydrogen) atoms. The SMILES string of the molecule is O=C(S)NC(C(=O)O)C(=O)O. The summed E-state index contributed by atoms with van der Waals surface area (Å²) in [5.74, 6) is -3.28. The number of amides is 1. The molecule has 0 radical (unpaired) electrons. The minimum atomic E-state index is -1.93. The molecule has 0 atom stereocenters. The molecule has 0 aromatic heterocycles. The summed E-state index contributed by atoms with van der Waals surface area (Å²) >= 11 is 3.15. The molecule has 1 amide bonds. The van der Waals surface area contributed by atoms with E-state index in [9.17, 15) is 14.4 Å². The first-order valence-electron chi connectivity index (χ1n) is 2.40. The van der Waals surface area contributed by atoms with Crippen LogP contribution in [0, 0.1) is 0 Å². The van der Waals surface area contributed by atoms with Gasteiger partial charge in [-0.05, 0) is 0 Å². The number of carbonyl (C=O) groups is 3. The highest BCUT2D eigenvalue weighted by molar-refractivity contribution is 7.96. The molecule has 7 heteroatoms. The quantitative estimate of drug-likeness (QED) is 0.334. The Balaban J connectivity index is 4.23. The standard InChI is InChI=1S/C4H5NO5S/c6-2(7)1(3(8)9)5-4(10)11/h1H,(H,6,7)(H,8,9)(H2,5,10,11). The molecule has 0 bridgehead atoms. The number of carboxylic acids is 2. The van der Waals surface area contributed by atoms with Crippen molar-refractivity contribution in [3.05, 3.63) is 0 Å². The lowest BCUT2D eigenvalue weighted by Crippen LogP contribution is -2.44. The van der Waals surface area contributed by atoms with Gasteiger partial charge in [0.15, 0.2) is 0 Å². The Morgan fingerprint density at radius 1 is 1.18 bits per heavy atom. The highest BCUT2D eigenvalue weighted by Crippen LogP contribution is 1.87. The monoisotopic (exact) mass is 179 g/mol. The molecule has 0 unspecified atom stereocenters. The van der Waals surface area contributed by atoms with Crippen LogP contribution in [0.5, 0.6) is 0 Å². The summed E-state index contributed by atoms with van der Waals surface area (Å²) in [5.41, 5.74) is 0. The zero-order valence-corrected chi connectivity index (χ0v) is 6.04. The number of carboxylic acid groups (broad SMARTS) is 2. The van der Waals surface area contributed by atoms with Crippen LogP contribution in [0.3, 0.4) is 0 Å². The summed E-state index contributed by atoms with van der Waals surface area (Å²) in [7, 11) is 0. The van der Waals surface area contributed by atoms with E-state index in [0.29, 0.717) is 0 Å². The van der Waals surface area contributed by atoms with Gasteiger partial charge in [0.25, 0.3) is 5.24 Å². The largest absolute Gasteiger partial charge is 0.479 e. The maximum atomic E-state index is 10.1. The van der Waals surface area contributed by atoms with Gasteiger partial charge in [-0.2, -0.15) is 0 Å². The van der Waals surface area contributed by atoms with Gasteiger partial charge < -0.3 is 15.5 Å². The van der Waals surface area contributed by atoms with E-state index >= 15 is 0 Å². The van der Waals surface area contributed by atoms with E-state index < -0.39 is 23.2 Å². The minimum Gasteiger partial charge on any atom is -0.479 e. The Labute approximate surface area is 66.6 Å². The summed E-state index contributed by atoms with van der Waals surface area (Å²) in [5, 5.41) is 16.9. The highest BCUT2D eigenvalue weighted by atomic mass is 32.1. The average molecular weight is 179 g/mol. The van der Waals surface area contributed by atoms with Crippen molar-refractivity contribution in [3.63, 3.8) is 0 Å². The lowest BCUT2D eigenvalue weighted by molar-refractivity contribution is -0.150. The molecule has 0 aromatic rings. The van der Waals surface area contributed by atoms with Gasteiger partial charge in [-0.15, -0.1) is 0 Å². The van der Waals surface area contributed by atoms with Crippen LogP contribution in [0.25, 0.3) is 0 Å². The maximum absolute atomic E-state index is 10.1. The predicted octanol–water partition coefficient (Wildman–Crippen LogP) is -0.836. The van der Waals surface area contributed by atoms with Crippen LogP contribution in [0.15, 0.2) is 0 Å². The number of thiol groups is 1. The third-order valence-corrected chi connectivity index (χ3v) is 0.891. The van der Waals surface area contributed by atoms with E-state index in [2.05, 4.69) is 12.6 Å².